The first-order valence-electron chi connectivity index (χ1n) is 49.0. The summed E-state index contributed by atoms with van der Waals surface area (Å²) in [5.74, 6) is -2.76. The maximum absolute atomic E-state index is 14.7. The lowest BCUT2D eigenvalue weighted by Crippen LogP contribution is -2.67. The zero-order chi connectivity index (χ0) is 85.5. The highest BCUT2D eigenvalue weighted by molar-refractivity contribution is 7.46. The standard InChI is InChI=1S/C94H181N2O20P/c1-7-13-19-25-31-37-40-44-49-55-61-67-79(110-70-64-58-52-46-39-33-27-21-15-9-3)74-86(102)115-92-88(96-83(99)71-77(98)65-59-53-47-41-34-28-22-16-10-4)94(114-81(75-97)91(92)116-117(106,107)108)111-76-82-89(103)90(104)87(93(105)113-82)95-84(100)72-80(68-62-56-50-43-36-30-24-18-12-6)112-85(101)73-78(66-60-54-48-42-35-29-23-17-11-5)109-69-63-57-51-45-38-32-26-20-14-8-2/h77-82,87-94,97-98,103-105H,7-76H2,1-6H3,(H,95,100)(H,96,99)(H2,106,107,108)/t77-,78-,79-,80-,81-,82-,87-,88-,89-,90-,91-,92-,93-,94-/m1/s1. The number of amides is 2. The first-order valence-corrected chi connectivity index (χ1v) is 50.6. The number of rotatable bonds is 84. The number of hydrogen-bond acceptors (Lipinski definition) is 18. The fraction of sp³-hybridized carbons (Fsp3) is 0.957. The van der Waals surface area contributed by atoms with Gasteiger partial charge in [0.2, 0.25) is 11.8 Å². The molecule has 0 aliphatic carbocycles. The van der Waals surface area contributed by atoms with Gasteiger partial charge in [0.25, 0.3) is 0 Å². The van der Waals surface area contributed by atoms with E-state index in [-0.39, 0.29) is 25.4 Å². The molecule has 23 heteroatoms. The van der Waals surface area contributed by atoms with Crippen LogP contribution in [0.25, 0.3) is 0 Å². The molecule has 14 atom stereocenters. The van der Waals surface area contributed by atoms with Crippen molar-refractivity contribution in [3.05, 3.63) is 0 Å². The quantitative estimate of drug-likeness (QED) is 0.0155. The van der Waals surface area contributed by atoms with Gasteiger partial charge in [-0.15, -0.1) is 0 Å². The molecule has 0 aromatic carbocycles. The van der Waals surface area contributed by atoms with E-state index in [1.807, 2.05) is 0 Å². The molecule has 117 heavy (non-hydrogen) atoms. The lowest BCUT2D eigenvalue weighted by atomic mass is 9.95. The van der Waals surface area contributed by atoms with Crippen molar-refractivity contribution in [3.8, 4) is 0 Å². The van der Waals surface area contributed by atoms with E-state index in [0.717, 1.165) is 154 Å². The molecule has 2 heterocycles. The minimum atomic E-state index is -5.49. The maximum Gasteiger partial charge on any atom is 0.470 e. The van der Waals surface area contributed by atoms with Gasteiger partial charge < -0.3 is 79.1 Å². The molecule has 0 unspecified atom stereocenters. The molecule has 0 aromatic rings. The number of unbranched alkanes of at least 4 members (excludes halogenated alkanes) is 52. The number of phosphoric ester groups is 1. The maximum atomic E-state index is 14.7. The summed E-state index contributed by atoms with van der Waals surface area (Å²) in [5, 5.41) is 63.0. The van der Waals surface area contributed by atoms with E-state index in [2.05, 4.69) is 52.2 Å². The van der Waals surface area contributed by atoms with Crippen LogP contribution in [-0.4, -0.2) is 171 Å². The SMILES string of the molecule is CCCCCCCCCCCCC[C@H](CC(=O)O[C@@H]1[C@@H](NC(=O)C[C@H](O)CCCCCCCCCCC)[C@H](OC[C@H]2O[C@@H](O)[C@H](NC(=O)C[C@@H](CCCCCCCCCCC)OC(=O)C[C@@H](CCCCCCCCCCC)OCCCCCCCCCCCC)[C@@H](O)[C@@H]2O)O[C@H](CO)[C@H]1OP(=O)(O)O)OCCCCCCCCCCCC. The van der Waals surface area contributed by atoms with Crippen LogP contribution in [0.4, 0.5) is 0 Å². The Morgan fingerprint density at radius 2 is 0.692 bits per heavy atom. The summed E-state index contributed by atoms with van der Waals surface area (Å²) in [5.41, 5.74) is 0. The second-order valence-electron chi connectivity index (χ2n) is 34.9. The van der Waals surface area contributed by atoms with Gasteiger partial charge in [-0.1, -0.05) is 395 Å². The minimum absolute atomic E-state index is 0.0406. The molecule has 2 fully saturated rings. The normalized spacial score (nSPS) is 20.8. The van der Waals surface area contributed by atoms with Crippen molar-refractivity contribution < 1.29 is 96.7 Å². The molecule has 2 saturated heterocycles. The third kappa shape index (κ3) is 60.0. The van der Waals surface area contributed by atoms with Crippen molar-refractivity contribution in [1.82, 2.24) is 10.6 Å². The molecule has 0 radical (unpaired) electrons. The summed E-state index contributed by atoms with van der Waals surface area (Å²) in [4.78, 5) is 78.2. The molecule has 0 aromatic heterocycles. The second kappa shape index (κ2) is 76.1. The largest absolute Gasteiger partial charge is 0.470 e. The first kappa shape index (κ1) is 111. The topological polar surface area (TPSA) is 325 Å². The van der Waals surface area contributed by atoms with E-state index < -0.39 is 131 Å². The van der Waals surface area contributed by atoms with Crippen molar-refractivity contribution in [2.75, 3.05) is 26.4 Å². The van der Waals surface area contributed by atoms with Gasteiger partial charge in [-0.3, -0.25) is 23.7 Å². The number of aliphatic hydroxyl groups excluding tert-OH is 5. The molecule has 0 spiro atoms. The first-order chi connectivity index (χ1) is 56.8. The van der Waals surface area contributed by atoms with Crippen LogP contribution < -0.4 is 10.6 Å². The number of carbonyl (C=O) groups is 4. The molecule has 22 nitrogen and oxygen atoms in total. The van der Waals surface area contributed by atoms with Crippen LogP contribution in [0.15, 0.2) is 0 Å². The van der Waals surface area contributed by atoms with Gasteiger partial charge in [0.15, 0.2) is 18.7 Å². The van der Waals surface area contributed by atoms with Crippen molar-refractivity contribution in [1.29, 1.82) is 0 Å². The summed E-state index contributed by atoms with van der Waals surface area (Å²) in [6, 6.07) is -3.26. The predicted molar refractivity (Wildman–Crippen MR) is 469 cm³/mol. The van der Waals surface area contributed by atoms with E-state index in [1.165, 1.54) is 212 Å². The molecule has 9 N–H and O–H groups in total. The molecule has 0 bridgehead atoms. The average Bonchev–Trinajstić information content (AvgIpc) is 0.780. The fourth-order valence-electron chi connectivity index (χ4n) is 16.5. The van der Waals surface area contributed by atoms with E-state index >= 15 is 0 Å². The number of esters is 2. The molecular formula is C94H181N2O20P. The van der Waals surface area contributed by atoms with Crippen LogP contribution in [0.3, 0.4) is 0 Å². The van der Waals surface area contributed by atoms with Crippen LogP contribution in [0, 0.1) is 0 Å². The van der Waals surface area contributed by atoms with Crippen molar-refractivity contribution >= 4 is 31.6 Å². The molecular weight excluding hydrogens is 1510 g/mol. The van der Waals surface area contributed by atoms with Gasteiger partial charge in [0, 0.05) is 13.2 Å². The van der Waals surface area contributed by atoms with Gasteiger partial charge in [0.05, 0.1) is 57.2 Å². The highest BCUT2D eigenvalue weighted by atomic mass is 31.2. The van der Waals surface area contributed by atoms with Gasteiger partial charge >= 0.3 is 19.8 Å². The van der Waals surface area contributed by atoms with Crippen LogP contribution in [0.5, 0.6) is 0 Å². The number of carbonyl (C=O) groups excluding carboxylic acids is 4. The minimum Gasteiger partial charge on any atom is -0.462 e. The molecule has 2 rings (SSSR count). The lowest BCUT2D eigenvalue weighted by Gasteiger charge is -2.46. The monoisotopic (exact) mass is 1690 g/mol. The Morgan fingerprint density at radius 1 is 0.368 bits per heavy atom. The zero-order valence-corrected chi connectivity index (χ0v) is 76.4. The number of phosphoric acid groups is 1. The molecule has 0 saturated carbocycles. The number of nitrogens with one attached hydrogen (secondary N) is 2. The number of ether oxygens (including phenoxy) is 7. The second-order valence-corrected chi connectivity index (χ2v) is 36.1. The summed E-state index contributed by atoms with van der Waals surface area (Å²) in [6.45, 7) is 12.6. The Hall–Kier alpha value is -2.41. The Bertz CT molecular complexity index is 2320. The number of aliphatic hydroxyl groups is 5. The predicted octanol–water partition coefficient (Wildman–Crippen LogP) is 21.4. The van der Waals surface area contributed by atoms with Crippen LogP contribution >= 0.6 is 7.82 Å². The van der Waals surface area contributed by atoms with Gasteiger partial charge in [-0.25, -0.2) is 4.57 Å². The molecule has 692 valence electrons. The summed E-state index contributed by atoms with van der Waals surface area (Å²) in [6.07, 6.45) is 48.9. The fourth-order valence-corrected chi connectivity index (χ4v) is 17.1. The zero-order valence-electron chi connectivity index (χ0n) is 75.5. The summed E-state index contributed by atoms with van der Waals surface area (Å²) in [7, 11) is -5.49. The lowest BCUT2D eigenvalue weighted by molar-refractivity contribution is -0.297. The van der Waals surface area contributed by atoms with E-state index in [1.54, 1.807) is 0 Å². The Labute approximate surface area is 712 Å². The van der Waals surface area contributed by atoms with Crippen LogP contribution in [-0.2, 0) is 61.4 Å². The van der Waals surface area contributed by atoms with E-state index in [4.69, 9.17) is 37.7 Å². The molecule has 2 aliphatic heterocycles. The number of hydrogen-bond donors (Lipinski definition) is 9. The van der Waals surface area contributed by atoms with Gasteiger partial charge in [0.1, 0.15) is 48.7 Å². The van der Waals surface area contributed by atoms with Crippen molar-refractivity contribution in [3.63, 3.8) is 0 Å². The van der Waals surface area contributed by atoms with Crippen LogP contribution in [0.2, 0.25) is 0 Å². The van der Waals surface area contributed by atoms with E-state index in [9.17, 15) is 59.1 Å². The molecule has 2 amide bonds. The Balaban J connectivity index is 2.45. The average molecular weight is 1690 g/mol. The van der Waals surface area contributed by atoms with Crippen LogP contribution in [0.1, 0.15) is 465 Å². The highest BCUT2D eigenvalue weighted by Crippen LogP contribution is 2.43. The third-order valence-corrected chi connectivity index (χ3v) is 24.3. The van der Waals surface area contributed by atoms with Gasteiger partial charge in [-0.2, -0.15) is 0 Å². The van der Waals surface area contributed by atoms with Crippen molar-refractivity contribution in [2.45, 2.75) is 551 Å². The Kier molecular flexibility index (Phi) is 71.9. The van der Waals surface area contributed by atoms with E-state index in [0.29, 0.717) is 45.3 Å². The van der Waals surface area contributed by atoms with Crippen molar-refractivity contribution in [2.24, 2.45) is 0 Å². The molecule has 2 aliphatic rings. The smallest absolute Gasteiger partial charge is 0.462 e. The van der Waals surface area contributed by atoms with Gasteiger partial charge in [-0.05, 0) is 44.9 Å². The highest BCUT2D eigenvalue weighted by Gasteiger charge is 2.53. The Morgan fingerprint density at radius 3 is 1.06 bits per heavy atom. The summed E-state index contributed by atoms with van der Waals surface area (Å²) < 4.78 is 62.0. The third-order valence-electron chi connectivity index (χ3n) is 23.8. The summed E-state index contributed by atoms with van der Waals surface area (Å²) >= 11 is 0.